The zero-order chi connectivity index (χ0) is 13.6. The minimum Gasteiger partial charge on any atom is -0.532 e. The Morgan fingerprint density at radius 2 is 2.11 bits per heavy atom. The van der Waals surface area contributed by atoms with Gasteiger partial charge in [0.2, 0.25) is 0 Å². The molecule has 2 heterocycles. The maximum Gasteiger partial charge on any atom is 0.601 e. The SMILES string of the molecule is C=C1OB(c2cc3cccc(OC)c3o2)OC1(C)C. The number of para-hydroxylation sites is 1. The number of hydrogen-bond acceptors (Lipinski definition) is 4. The van der Waals surface area contributed by atoms with Crippen molar-refractivity contribution in [1.29, 1.82) is 0 Å². The number of benzene rings is 1. The lowest BCUT2D eigenvalue weighted by molar-refractivity contribution is 0.172. The Labute approximate surface area is 112 Å². The third kappa shape index (κ3) is 1.90. The molecule has 0 unspecified atom stereocenters. The highest BCUT2D eigenvalue weighted by Gasteiger charge is 2.45. The molecule has 0 N–H and O–H groups in total. The van der Waals surface area contributed by atoms with Gasteiger partial charge in [-0.25, -0.2) is 0 Å². The summed E-state index contributed by atoms with van der Waals surface area (Å²) in [6.07, 6.45) is 0. The predicted octanol–water partition coefficient (Wildman–Crippen LogP) is 2.48. The van der Waals surface area contributed by atoms with Crippen LogP contribution in [0.1, 0.15) is 13.8 Å². The van der Waals surface area contributed by atoms with Crippen LogP contribution in [0, 0.1) is 0 Å². The summed E-state index contributed by atoms with van der Waals surface area (Å²) < 4.78 is 22.5. The van der Waals surface area contributed by atoms with Gasteiger partial charge in [-0.1, -0.05) is 18.7 Å². The molecule has 1 aliphatic heterocycles. The third-order valence-electron chi connectivity index (χ3n) is 3.30. The molecule has 0 aliphatic carbocycles. The van der Waals surface area contributed by atoms with Crippen molar-refractivity contribution in [3.8, 4) is 5.75 Å². The second-order valence-electron chi connectivity index (χ2n) is 5.03. The van der Waals surface area contributed by atoms with Crippen molar-refractivity contribution in [1.82, 2.24) is 0 Å². The monoisotopic (exact) mass is 258 g/mol. The van der Waals surface area contributed by atoms with Crippen LogP contribution < -0.4 is 10.4 Å². The number of furan rings is 1. The first kappa shape index (κ1) is 12.2. The molecule has 1 aromatic carbocycles. The number of ether oxygens (including phenoxy) is 1. The predicted molar refractivity (Wildman–Crippen MR) is 73.5 cm³/mol. The van der Waals surface area contributed by atoms with Crippen LogP contribution >= 0.6 is 0 Å². The molecular formula is C14H15BO4. The summed E-state index contributed by atoms with van der Waals surface area (Å²) in [5.74, 6) is 1.30. The minimum atomic E-state index is -0.556. The maximum absolute atomic E-state index is 5.80. The molecule has 3 rings (SSSR count). The molecule has 1 aliphatic rings. The van der Waals surface area contributed by atoms with E-state index in [0.29, 0.717) is 22.8 Å². The highest BCUT2D eigenvalue weighted by Crippen LogP contribution is 2.31. The van der Waals surface area contributed by atoms with Crippen molar-refractivity contribution >= 4 is 23.7 Å². The number of fused-ring (bicyclic) bond motifs is 1. The summed E-state index contributed by atoms with van der Waals surface area (Å²) in [5.41, 5.74) is 0.807. The van der Waals surface area contributed by atoms with Crippen molar-refractivity contribution in [3.63, 3.8) is 0 Å². The van der Waals surface area contributed by atoms with E-state index in [2.05, 4.69) is 6.58 Å². The molecule has 19 heavy (non-hydrogen) atoms. The zero-order valence-corrected chi connectivity index (χ0v) is 11.2. The van der Waals surface area contributed by atoms with Crippen molar-refractivity contribution < 1.29 is 18.5 Å². The smallest absolute Gasteiger partial charge is 0.532 e. The van der Waals surface area contributed by atoms with Crippen LogP contribution in [0.25, 0.3) is 11.0 Å². The van der Waals surface area contributed by atoms with Gasteiger partial charge in [-0.2, -0.15) is 0 Å². The summed E-state index contributed by atoms with van der Waals surface area (Å²) >= 11 is 0. The van der Waals surface area contributed by atoms with Gasteiger partial charge in [0.05, 0.1) is 12.9 Å². The highest BCUT2D eigenvalue weighted by atomic mass is 16.7. The van der Waals surface area contributed by atoms with Gasteiger partial charge < -0.3 is 18.5 Å². The molecule has 0 bridgehead atoms. The van der Waals surface area contributed by atoms with Crippen LogP contribution in [0.5, 0.6) is 5.75 Å². The van der Waals surface area contributed by atoms with E-state index in [1.54, 1.807) is 7.11 Å². The van der Waals surface area contributed by atoms with Gasteiger partial charge in [-0.05, 0) is 26.0 Å². The number of hydrogen-bond donors (Lipinski definition) is 0. The summed E-state index contributed by atoms with van der Waals surface area (Å²) in [4.78, 5) is 0. The Bertz CT molecular complexity index is 644. The van der Waals surface area contributed by atoms with Gasteiger partial charge in [0, 0.05) is 5.39 Å². The lowest BCUT2D eigenvalue weighted by Crippen LogP contribution is -2.33. The van der Waals surface area contributed by atoms with Crippen molar-refractivity contribution in [2.75, 3.05) is 7.11 Å². The van der Waals surface area contributed by atoms with Gasteiger partial charge >= 0.3 is 7.12 Å². The van der Waals surface area contributed by atoms with Gasteiger partial charge in [0.15, 0.2) is 17.0 Å². The average molecular weight is 258 g/mol. The quantitative estimate of drug-likeness (QED) is 0.776. The molecule has 0 atom stereocenters. The lowest BCUT2D eigenvalue weighted by atomic mass is 9.86. The molecule has 5 heteroatoms. The standard InChI is InChI=1S/C14H15BO4/c1-9-14(2,3)19-15(18-9)12-8-10-6-5-7-11(16-4)13(10)17-12/h5-8H,1H2,2-4H3. The number of rotatable bonds is 2. The molecule has 2 aromatic rings. The highest BCUT2D eigenvalue weighted by molar-refractivity contribution is 6.61. The topological polar surface area (TPSA) is 40.8 Å². The molecule has 0 radical (unpaired) electrons. The first-order chi connectivity index (χ1) is 9.01. The van der Waals surface area contributed by atoms with E-state index in [-0.39, 0.29) is 0 Å². The summed E-state index contributed by atoms with van der Waals surface area (Å²) in [5, 5.41) is 0.955. The molecule has 0 saturated carbocycles. The molecular weight excluding hydrogens is 243 g/mol. The second kappa shape index (κ2) is 4.06. The number of methoxy groups -OCH3 is 1. The fourth-order valence-corrected chi connectivity index (χ4v) is 2.08. The van der Waals surface area contributed by atoms with Crippen molar-refractivity contribution in [3.05, 3.63) is 36.6 Å². The molecule has 1 aromatic heterocycles. The van der Waals surface area contributed by atoms with Gasteiger partial charge in [0.25, 0.3) is 0 Å². The van der Waals surface area contributed by atoms with Crippen LogP contribution in [0.15, 0.2) is 41.0 Å². The van der Waals surface area contributed by atoms with Crippen molar-refractivity contribution in [2.24, 2.45) is 0 Å². The van der Waals surface area contributed by atoms with Gasteiger partial charge in [0.1, 0.15) is 5.60 Å². The third-order valence-corrected chi connectivity index (χ3v) is 3.30. The molecule has 0 amide bonds. The van der Waals surface area contributed by atoms with E-state index >= 15 is 0 Å². The molecule has 0 spiro atoms. The summed E-state index contributed by atoms with van der Waals surface area (Å²) in [6, 6.07) is 7.63. The van der Waals surface area contributed by atoms with E-state index in [1.165, 1.54) is 0 Å². The maximum atomic E-state index is 5.80. The van der Waals surface area contributed by atoms with Crippen LogP contribution in [-0.4, -0.2) is 19.8 Å². The van der Waals surface area contributed by atoms with E-state index in [1.807, 2.05) is 38.1 Å². The van der Waals surface area contributed by atoms with Crippen LogP contribution in [0.3, 0.4) is 0 Å². The second-order valence-corrected chi connectivity index (χ2v) is 5.03. The minimum absolute atomic E-state index is 0.506. The first-order valence-corrected chi connectivity index (χ1v) is 6.11. The van der Waals surface area contributed by atoms with Gasteiger partial charge in [-0.15, -0.1) is 0 Å². The van der Waals surface area contributed by atoms with E-state index < -0.39 is 12.7 Å². The Kier molecular flexibility index (Phi) is 2.60. The lowest BCUT2D eigenvalue weighted by Gasteiger charge is -2.15. The van der Waals surface area contributed by atoms with Crippen LogP contribution in [-0.2, 0) is 9.31 Å². The fourth-order valence-electron chi connectivity index (χ4n) is 2.08. The Hall–Kier alpha value is -1.88. The zero-order valence-electron chi connectivity index (χ0n) is 11.2. The van der Waals surface area contributed by atoms with E-state index in [0.717, 1.165) is 5.39 Å². The van der Waals surface area contributed by atoms with E-state index in [9.17, 15) is 0 Å². The Balaban J connectivity index is 2.01. The Morgan fingerprint density at radius 1 is 1.32 bits per heavy atom. The molecule has 98 valence electrons. The first-order valence-electron chi connectivity index (χ1n) is 6.11. The van der Waals surface area contributed by atoms with Crippen LogP contribution in [0.2, 0.25) is 0 Å². The summed E-state index contributed by atoms with van der Waals surface area (Å²) in [6.45, 7) is 7.69. The van der Waals surface area contributed by atoms with Crippen LogP contribution in [0.4, 0.5) is 0 Å². The molecule has 1 fully saturated rings. The van der Waals surface area contributed by atoms with Gasteiger partial charge in [-0.3, -0.25) is 0 Å². The fraction of sp³-hybridized carbons (Fsp3) is 0.286. The Morgan fingerprint density at radius 3 is 2.74 bits per heavy atom. The van der Waals surface area contributed by atoms with E-state index in [4.69, 9.17) is 18.5 Å². The normalized spacial score (nSPS) is 17.8. The molecule has 1 saturated heterocycles. The summed E-state index contributed by atoms with van der Waals surface area (Å²) in [7, 11) is 1.06. The average Bonchev–Trinajstić information content (AvgIpc) is 2.90. The molecule has 4 nitrogen and oxygen atoms in total. The largest absolute Gasteiger partial charge is 0.601 e. The van der Waals surface area contributed by atoms with Crippen molar-refractivity contribution in [2.45, 2.75) is 19.4 Å².